The van der Waals surface area contributed by atoms with Crippen LogP contribution in [0, 0.1) is 13.8 Å². The van der Waals surface area contributed by atoms with Gasteiger partial charge in [-0.15, -0.1) is 22.7 Å². The van der Waals surface area contributed by atoms with Crippen molar-refractivity contribution in [1.29, 1.82) is 0 Å². The molecule has 0 unspecified atom stereocenters. The van der Waals surface area contributed by atoms with E-state index in [-0.39, 0.29) is 0 Å². The molecule has 0 aromatic carbocycles. The standard InChI is InChI=1S/2C5H4BrClS/c1-3-2-4(7)8-5(3)6;1-3-2-4(6)8-5(3)7/h2*2H,1H3. The lowest BCUT2D eigenvalue weighted by atomic mass is 10.4. The molecule has 0 fully saturated rings. The first kappa shape index (κ1) is 15.0. The Bertz CT molecular complexity index is 394. The van der Waals surface area contributed by atoms with Crippen LogP contribution >= 0.6 is 77.7 Å². The zero-order valence-electron chi connectivity index (χ0n) is 8.48. The van der Waals surface area contributed by atoms with Crippen molar-refractivity contribution in [3.63, 3.8) is 0 Å². The van der Waals surface area contributed by atoms with Crippen molar-refractivity contribution in [2.75, 3.05) is 0 Å². The van der Waals surface area contributed by atoms with Crippen molar-refractivity contribution in [1.82, 2.24) is 0 Å². The molecule has 0 bridgehead atoms. The summed E-state index contributed by atoms with van der Waals surface area (Å²) in [6.07, 6.45) is 0. The second-order valence-electron chi connectivity index (χ2n) is 3.01. The third-order valence-electron chi connectivity index (χ3n) is 1.65. The fraction of sp³-hybridized carbons (Fsp3) is 0.200. The van der Waals surface area contributed by atoms with Gasteiger partial charge >= 0.3 is 0 Å². The van der Waals surface area contributed by atoms with Crippen LogP contribution in [0.5, 0.6) is 0 Å². The molecule has 0 aliphatic carbocycles. The second-order valence-corrected chi connectivity index (χ2v) is 9.05. The molecule has 0 atom stereocenters. The van der Waals surface area contributed by atoms with Crippen molar-refractivity contribution < 1.29 is 0 Å². The fourth-order valence-corrected chi connectivity index (χ4v) is 4.82. The number of hydrogen-bond donors (Lipinski definition) is 0. The largest absolute Gasteiger partial charge is 0.116 e. The number of hydrogen-bond acceptors (Lipinski definition) is 2. The lowest BCUT2D eigenvalue weighted by molar-refractivity contribution is 1.53. The molecule has 0 aliphatic rings. The summed E-state index contributed by atoms with van der Waals surface area (Å²) >= 11 is 21.1. The Labute approximate surface area is 130 Å². The average Bonchev–Trinajstić information content (AvgIpc) is 2.58. The molecule has 0 N–H and O–H groups in total. The molecular formula is C10H8Br2Cl2S2. The number of thiophene rings is 2. The van der Waals surface area contributed by atoms with E-state index in [9.17, 15) is 0 Å². The molecule has 2 rings (SSSR count). The van der Waals surface area contributed by atoms with E-state index in [0.717, 1.165) is 21.8 Å². The van der Waals surface area contributed by atoms with Gasteiger partial charge in [0.2, 0.25) is 0 Å². The SMILES string of the molecule is Cc1cc(Br)sc1Cl.Cc1cc(Cl)sc1Br. The maximum atomic E-state index is 5.72. The molecule has 0 spiro atoms. The van der Waals surface area contributed by atoms with Crippen molar-refractivity contribution in [2.45, 2.75) is 13.8 Å². The van der Waals surface area contributed by atoms with Gasteiger partial charge in [0.1, 0.15) is 0 Å². The van der Waals surface area contributed by atoms with Crippen LogP contribution in [0.1, 0.15) is 11.1 Å². The third kappa shape index (κ3) is 4.67. The summed E-state index contributed by atoms with van der Waals surface area (Å²) in [4.78, 5) is 0. The second kappa shape index (κ2) is 6.76. The first-order chi connectivity index (χ1) is 7.40. The minimum absolute atomic E-state index is 0.842. The van der Waals surface area contributed by atoms with Gasteiger partial charge in [-0.2, -0.15) is 0 Å². The normalized spacial score (nSPS) is 9.88. The number of aryl methyl sites for hydroxylation is 2. The van der Waals surface area contributed by atoms with E-state index in [0.29, 0.717) is 0 Å². The average molecular weight is 423 g/mol. The van der Waals surface area contributed by atoms with Gasteiger partial charge in [-0.05, 0) is 69.0 Å². The monoisotopic (exact) mass is 420 g/mol. The summed E-state index contributed by atoms with van der Waals surface area (Å²) < 4.78 is 3.94. The van der Waals surface area contributed by atoms with E-state index in [1.54, 1.807) is 22.7 Å². The van der Waals surface area contributed by atoms with Crippen LogP contribution in [0.15, 0.2) is 19.7 Å². The molecule has 0 saturated heterocycles. The highest BCUT2D eigenvalue weighted by atomic mass is 79.9. The Hall–Kier alpha value is 0.940. The van der Waals surface area contributed by atoms with Gasteiger partial charge < -0.3 is 0 Å². The zero-order chi connectivity index (χ0) is 12.3. The lowest BCUT2D eigenvalue weighted by Crippen LogP contribution is -1.55. The van der Waals surface area contributed by atoms with Crippen LogP contribution in [0.4, 0.5) is 0 Å². The van der Waals surface area contributed by atoms with Gasteiger partial charge in [-0.1, -0.05) is 23.2 Å². The summed E-state index contributed by atoms with van der Waals surface area (Å²) in [7, 11) is 0. The van der Waals surface area contributed by atoms with E-state index in [1.807, 2.05) is 26.0 Å². The smallest absolute Gasteiger partial charge is 0.0969 e. The third-order valence-corrected chi connectivity index (χ3v) is 5.98. The maximum absolute atomic E-state index is 5.72. The lowest BCUT2D eigenvalue weighted by Gasteiger charge is -1.76. The van der Waals surface area contributed by atoms with Crippen LogP contribution in [0.25, 0.3) is 0 Å². The van der Waals surface area contributed by atoms with Crippen LogP contribution in [0.3, 0.4) is 0 Å². The summed E-state index contributed by atoms with van der Waals surface area (Å²) in [6, 6.07) is 3.95. The molecule has 88 valence electrons. The Morgan fingerprint density at radius 2 is 1.62 bits per heavy atom. The van der Waals surface area contributed by atoms with Crippen LogP contribution in [-0.2, 0) is 0 Å². The highest BCUT2D eigenvalue weighted by Gasteiger charge is 1.98. The molecular weight excluding hydrogens is 415 g/mol. The Balaban J connectivity index is 0.000000160. The van der Waals surface area contributed by atoms with Gasteiger partial charge in [-0.3, -0.25) is 0 Å². The molecule has 6 heteroatoms. The highest BCUT2D eigenvalue weighted by Crippen LogP contribution is 2.30. The van der Waals surface area contributed by atoms with Gasteiger partial charge in [0, 0.05) is 0 Å². The minimum Gasteiger partial charge on any atom is -0.116 e. The molecule has 0 saturated carbocycles. The van der Waals surface area contributed by atoms with E-state index < -0.39 is 0 Å². The van der Waals surface area contributed by atoms with Crippen molar-refractivity contribution in [3.8, 4) is 0 Å². The maximum Gasteiger partial charge on any atom is 0.0969 e. The van der Waals surface area contributed by atoms with Crippen LogP contribution in [-0.4, -0.2) is 0 Å². The molecule has 2 heterocycles. The Kier molecular flexibility index (Phi) is 6.34. The molecule has 0 amide bonds. The number of rotatable bonds is 0. The van der Waals surface area contributed by atoms with Gasteiger partial charge in [0.05, 0.1) is 16.2 Å². The zero-order valence-corrected chi connectivity index (χ0v) is 14.8. The van der Waals surface area contributed by atoms with Crippen LogP contribution < -0.4 is 0 Å². The quantitative estimate of drug-likeness (QED) is 0.431. The van der Waals surface area contributed by atoms with E-state index >= 15 is 0 Å². The van der Waals surface area contributed by atoms with Crippen molar-refractivity contribution >= 4 is 77.7 Å². The summed E-state index contributed by atoms with van der Waals surface area (Å²) in [5.74, 6) is 0. The van der Waals surface area contributed by atoms with Gasteiger partial charge in [0.25, 0.3) is 0 Å². The van der Waals surface area contributed by atoms with E-state index in [1.165, 1.54) is 5.56 Å². The molecule has 0 nitrogen and oxygen atoms in total. The predicted molar refractivity (Wildman–Crippen MR) is 83.5 cm³/mol. The molecule has 0 radical (unpaired) electrons. The minimum atomic E-state index is 0.842. The highest BCUT2D eigenvalue weighted by molar-refractivity contribution is 9.11. The first-order valence-corrected chi connectivity index (χ1v) is 8.20. The van der Waals surface area contributed by atoms with Gasteiger partial charge in [-0.25, -0.2) is 0 Å². The molecule has 2 aromatic heterocycles. The summed E-state index contributed by atoms with van der Waals surface area (Å²) in [5, 5.41) is 0. The van der Waals surface area contributed by atoms with Crippen molar-refractivity contribution in [3.05, 3.63) is 39.5 Å². The number of halogens is 4. The van der Waals surface area contributed by atoms with Crippen molar-refractivity contribution in [2.24, 2.45) is 0 Å². The molecule has 0 aliphatic heterocycles. The summed E-state index contributed by atoms with van der Waals surface area (Å²) in [5.41, 5.74) is 2.35. The Morgan fingerprint density at radius 1 is 1.00 bits per heavy atom. The first-order valence-electron chi connectivity index (χ1n) is 4.23. The van der Waals surface area contributed by atoms with Crippen LogP contribution in [0.2, 0.25) is 8.67 Å². The molecule has 2 aromatic rings. The van der Waals surface area contributed by atoms with Gasteiger partial charge in [0.15, 0.2) is 0 Å². The Morgan fingerprint density at radius 3 is 1.75 bits per heavy atom. The molecule has 16 heavy (non-hydrogen) atoms. The topological polar surface area (TPSA) is 0 Å². The summed E-state index contributed by atoms with van der Waals surface area (Å²) in [6.45, 7) is 4.01. The van der Waals surface area contributed by atoms with E-state index in [4.69, 9.17) is 23.2 Å². The fourth-order valence-electron chi connectivity index (χ4n) is 0.845. The van der Waals surface area contributed by atoms with E-state index in [2.05, 4.69) is 31.9 Å². The predicted octanol–water partition coefficient (Wildman–Crippen LogP) is 6.94.